The molecule has 0 saturated carbocycles. The maximum Gasteiger partial charge on any atom is 0.231 e. The highest BCUT2D eigenvalue weighted by Gasteiger charge is 2.07. The smallest absolute Gasteiger partial charge is 0.231 e. The molecular formula is C15H17NO2. The van der Waals surface area contributed by atoms with Crippen molar-refractivity contribution in [2.75, 3.05) is 0 Å². The van der Waals surface area contributed by atoms with Crippen molar-refractivity contribution in [3.63, 3.8) is 0 Å². The molecule has 0 fully saturated rings. The largest absolute Gasteiger partial charge is 0.618 e. The zero-order valence-corrected chi connectivity index (χ0v) is 10.7. The lowest BCUT2D eigenvalue weighted by Crippen LogP contribution is -2.29. The van der Waals surface area contributed by atoms with Crippen molar-refractivity contribution in [2.24, 2.45) is 0 Å². The van der Waals surface area contributed by atoms with Crippen LogP contribution in [0.5, 0.6) is 5.75 Å². The van der Waals surface area contributed by atoms with Crippen LogP contribution in [-0.4, -0.2) is 0 Å². The molecule has 3 nitrogen and oxygen atoms in total. The highest BCUT2D eigenvalue weighted by atomic mass is 16.5. The molecule has 0 spiro atoms. The molecule has 0 saturated heterocycles. The van der Waals surface area contributed by atoms with Crippen LogP contribution >= 0.6 is 0 Å². The second-order valence-electron chi connectivity index (χ2n) is 4.25. The summed E-state index contributed by atoms with van der Waals surface area (Å²) in [5.41, 5.74) is 3.00. The third-order valence-electron chi connectivity index (χ3n) is 2.95. The number of pyridine rings is 1. The van der Waals surface area contributed by atoms with Gasteiger partial charge in [-0.25, -0.2) is 0 Å². The van der Waals surface area contributed by atoms with E-state index in [-0.39, 0.29) is 0 Å². The summed E-state index contributed by atoms with van der Waals surface area (Å²) in [6.45, 7) is 4.37. The van der Waals surface area contributed by atoms with E-state index in [1.54, 1.807) is 13.0 Å². The average molecular weight is 243 g/mol. The zero-order valence-electron chi connectivity index (χ0n) is 10.7. The Bertz CT molecular complexity index is 538. The molecule has 3 heteroatoms. The lowest BCUT2D eigenvalue weighted by atomic mass is 10.1. The normalized spacial score (nSPS) is 10.3. The van der Waals surface area contributed by atoms with E-state index in [1.807, 2.05) is 18.2 Å². The molecular weight excluding hydrogens is 226 g/mol. The highest BCUT2D eigenvalue weighted by molar-refractivity contribution is 5.25. The molecule has 2 aromatic rings. The summed E-state index contributed by atoms with van der Waals surface area (Å²) in [4.78, 5) is 0. The maximum absolute atomic E-state index is 11.4. The van der Waals surface area contributed by atoms with Gasteiger partial charge in [0.05, 0.1) is 0 Å². The third-order valence-corrected chi connectivity index (χ3v) is 2.95. The second kappa shape index (κ2) is 5.54. The molecule has 1 aromatic heterocycles. The van der Waals surface area contributed by atoms with Crippen LogP contribution in [0.1, 0.15) is 23.7 Å². The number of hydrogen-bond donors (Lipinski definition) is 0. The lowest BCUT2D eigenvalue weighted by Gasteiger charge is -2.09. The first kappa shape index (κ1) is 12.4. The monoisotopic (exact) mass is 243 g/mol. The number of rotatable bonds is 4. The van der Waals surface area contributed by atoms with Gasteiger partial charge in [0.1, 0.15) is 6.61 Å². The topological polar surface area (TPSA) is 36.2 Å². The van der Waals surface area contributed by atoms with Gasteiger partial charge in [-0.15, -0.1) is 0 Å². The number of hydrogen-bond acceptors (Lipinski definition) is 2. The number of ether oxygens (including phenoxy) is 1. The fourth-order valence-electron chi connectivity index (χ4n) is 1.80. The van der Waals surface area contributed by atoms with Crippen molar-refractivity contribution in [3.8, 4) is 5.75 Å². The molecule has 1 aromatic carbocycles. The van der Waals surface area contributed by atoms with Crippen molar-refractivity contribution in [2.45, 2.75) is 26.9 Å². The van der Waals surface area contributed by atoms with Crippen LogP contribution in [0.2, 0.25) is 0 Å². The molecule has 2 rings (SSSR count). The van der Waals surface area contributed by atoms with Gasteiger partial charge in [0.2, 0.25) is 5.69 Å². The van der Waals surface area contributed by atoms with Gasteiger partial charge in [0, 0.05) is 13.0 Å². The van der Waals surface area contributed by atoms with Crippen LogP contribution in [0.4, 0.5) is 0 Å². The van der Waals surface area contributed by atoms with E-state index in [9.17, 15) is 5.21 Å². The minimum Gasteiger partial charge on any atom is -0.618 e. The Morgan fingerprint density at radius 1 is 1.17 bits per heavy atom. The Morgan fingerprint density at radius 3 is 2.72 bits per heavy atom. The van der Waals surface area contributed by atoms with Gasteiger partial charge in [0.25, 0.3) is 0 Å². The number of aryl methyl sites for hydroxylation is 1. The molecule has 1 heterocycles. The highest BCUT2D eigenvalue weighted by Crippen LogP contribution is 2.15. The summed E-state index contributed by atoms with van der Waals surface area (Å²) < 4.78 is 6.50. The molecule has 0 aliphatic heterocycles. The van der Waals surface area contributed by atoms with Crippen LogP contribution in [0.15, 0.2) is 42.6 Å². The van der Waals surface area contributed by atoms with Gasteiger partial charge in [0.15, 0.2) is 11.9 Å². The fourth-order valence-corrected chi connectivity index (χ4v) is 1.80. The Balaban J connectivity index is 2.09. The van der Waals surface area contributed by atoms with Gasteiger partial charge < -0.3 is 9.94 Å². The Morgan fingerprint density at radius 2 is 1.94 bits per heavy atom. The van der Waals surface area contributed by atoms with E-state index < -0.39 is 0 Å². The van der Waals surface area contributed by atoms with Gasteiger partial charge >= 0.3 is 0 Å². The van der Waals surface area contributed by atoms with Gasteiger partial charge in [-0.2, -0.15) is 4.73 Å². The van der Waals surface area contributed by atoms with E-state index in [0.29, 0.717) is 18.1 Å². The zero-order chi connectivity index (χ0) is 13.0. The first-order chi connectivity index (χ1) is 8.70. The molecule has 0 bridgehead atoms. The number of benzene rings is 1. The molecule has 94 valence electrons. The van der Waals surface area contributed by atoms with Crippen molar-refractivity contribution in [1.82, 2.24) is 0 Å². The summed E-state index contributed by atoms with van der Waals surface area (Å²) in [6, 6.07) is 11.8. The maximum atomic E-state index is 11.4. The summed E-state index contributed by atoms with van der Waals surface area (Å²) >= 11 is 0. The minimum atomic E-state index is 0.485. The molecule has 18 heavy (non-hydrogen) atoms. The predicted octanol–water partition coefficient (Wildman–Crippen LogP) is 2.77. The molecule has 0 aliphatic rings. The van der Waals surface area contributed by atoms with Crippen LogP contribution < -0.4 is 9.47 Å². The number of aromatic nitrogens is 1. The van der Waals surface area contributed by atoms with Crippen LogP contribution in [0.3, 0.4) is 0 Å². The second-order valence-corrected chi connectivity index (χ2v) is 4.25. The SMILES string of the molecule is CCc1cccc(COc2ccc[n+]([O-])c2C)c1. The first-order valence-electron chi connectivity index (χ1n) is 6.10. The summed E-state index contributed by atoms with van der Waals surface area (Å²) in [5, 5.41) is 11.4. The van der Waals surface area contributed by atoms with Crippen molar-refractivity contribution >= 4 is 0 Å². The molecule has 0 aliphatic carbocycles. The van der Waals surface area contributed by atoms with Gasteiger partial charge in [-0.1, -0.05) is 31.2 Å². The van der Waals surface area contributed by atoms with E-state index in [1.165, 1.54) is 11.8 Å². The molecule has 0 unspecified atom stereocenters. The fraction of sp³-hybridized carbons (Fsp3) is 0.267. The summed E-state index contributed by atoms with van der Waals surface area (Å²) in [6.07, 6.45) is 2.48. The Labute approximate surface area is 107 Å². The molecule has 0 N–H and O–H groups in total. The molecule has 0 amide bonds. The van der Waals surface area contributed by atoms with Crippen LogP contribution in [0, 0.1) is 12.1 Å². The minimum absolute atomic E-state index is 0.485. The van der Waals surface area contributed by atoms with E-state index in [4.69, 9.17) is 4.74 Å². The van der Waals surface area contributed by atoms with Crippen LogP contribution in [-0.2, 0) is 13.0 Å². The lowest BCUT2D eigenvalue weighted by molar-refractivity contribution is -0.612. The quantitative estimate of drug-likeness (QED) is 0.611. The Hall–Kier alpha value is -2.03. The Kier molecular flexibility index (Phi) is 3.82. The average Bonchev–Trinajstić information content (AvgIpc) is 2.41. The first-order valence-corrected chi connectivity index (χ1v) is 6.10. The summed E-state index contributed by atoms with van der Waals surface area (Å²) in [7, 11) is 0. The van der Waals surface area contributed by atoms with Crippen molar-refractivity contribution < 1.29 is 9.47 Å². The van der Waals surface area contributed by atoms with Gasteiger partial charge in [-0.05, 0) is 23.6 Å². The van der Waals surface area contributed by atoms with Crippen molar-refractivity contribution in [3.05, 3.63) is 64.6 Å². The molecule has 0 radical (unpaired) electrons. The predicted molar refractivity (Wildman–Crippen MR) is 70.3 cm³/mol. The number of nitrogens with zero attached hydrogens (tertiary/aromatic N) is 1. The summed E-state index contributed by atoms with van der Waals surface area (Å²) in [5.74, 6) is 0.634. The van der Waals surface area contributed by atoms with Crippen LogP contribution in [0.25, 0.3) is 0 Å². The van der Waals surface area contributed by atoms with Gasteiger partial charge in [-0.3, -0.25) is 0 Å². The standard InChI is InChI=1S/C15H17NO2/c1-3-13-6-4-7-14(10-13)11-18-15-8-5-9-16(17)12(15)2/h4-10H,3,11H2,1-2H3. The third kappa shape index (κ3) is 2.80. The van der Waals surface area contributed by atoms with E-state index in [0.717, 1.165) is 16.7 Å². The van der Waals surface area contributed by atoms with Crippen molar-refractivity contribution in [1.29, 1.82) is 0 Å². The van der Waals surface area contributed by atoms with E-state index in [2.05, 4.69) is 19.1 Å². The molecule has 0 atom stereocenters. The van der Waals surface area contributed by atoms with E-state index >= 15 is 0 Å².